The summed E-state index contributed by atoms with van der Waals surface area (Å²) in [6.45, 7) is 0. The lowest BCUT2D eigenvalue weighted by atomic mass is 10.0. The van der Waals surface area contributed by atoms with E-state index in [0.29, 0.717) is 5.84 Å². The minimum absolute atomic E-state index is 0.252. The van der Waals surface area contributed by atoms with Gasteiger partial charge in [-0.15, -0.1) is 0 Å². The van der Waals surface area contributed by atoms with Crippen molar-refractivity contribution in [1.82, 2.24) is 5.32 Å². The van der Waals surface area contributed by atoms with Crippen LogP contribution >= 0.6 is 0 Å². The maximum atomic E-state index is 6.39. The van der Waals surface area contributed by atoms with Crippen LogP contribution in [-0.4, -0.2) is 11.7 Å². The number of fused-ring (bicyclic) bond motifs is 6. The Morgan fingerprint density at radius 1 is 0.455 bits per heavy atom. The van der Waals surface area contributed by atoms with Gasteiger partial charge in [-0.2, -0.15) is 0 Å². The number of amidine groups is 2. The van der Waals surface area contributed by atoms with Gasteiger partial charge in [-0.3, -0.25) is 0 Å². The van der Waals surface area contributed by atoms with Gasteiger partial charge in [-0.05, 0) is 59.2 Å². The van der Waals surface area contributed by atoms with E-state index in [2.05, 4.69) is 78.1 Å². The fraction of sp³-hybridized carbons (Fsp3) is 0.0256. The fourth-order valence-electron chi connectivity index (χ4n) is 6.13. The summed E-state index contributed by atoms with van der Waals surface area (Å²) in [6.07, 6.45) is -0.252. The standard InChI is InChI=1S/C39H25N3O2/c1-3-9-24(10-4-1)37-40-38(25-11-5-2-6-12-25)42-39(41-37)28-15-18-30-32-22-27(17-20-35(32)44-36(30)23-28)26-16-19-34-31(21-26)29-13-7-8-14-33(29)43-34/h1-23,37H,(H,40,41,42). The molecule has 9 rings (SSSR count). The molecule has 0 amide bonds. The van der Waals surface area contributed by atoms with Crippen LogP contribution in [0.4, 0.5) is 0 Å². The maximum absolute atomic E-state index is 6.39. The molecule has 0 spiro atoms. The highest BCUT2D eigenvalue weighted by atomic mass is 16.3. The van der Waals surface area contributed by atoms with Crippen LogP contribution in [0, 0.1) is 0 Å². The Balaban J connectivity index is 1.12. The van der Waals surface area contributed by atoms with Crippen molar-refractivity contribution in [3.05, 3.63) is 156 Å². The van der Waals surface area contributed by atoms with Gasteiger partial charge in [0.05, 0.1) is 0 Å². The Kier molecular flexibility index (Phi) is 5.50. The van der Waals surface area contributed by atoms with E-state index < -0.39 is 0 Å². The summed E-state index contributed by atoms with van der Waals surface area (Å²) in [4.78, 5) is 9.92. The number of furan rings is 2. The van der Waals surface area contributed by atoms with Gasteiger partial charge >= 0.3 is 0 Å². The maximum Gasteiger partial charge on any atom is 0.159 e. The molecule has 1 aliphatic rings. The molecule has 5 nitrogen and oxygen atoms in total. The third-order valence-electron chi connectivity index (χ3n) is 8.34. The van der Waals surface area contributed by atoms with Crippen molar-refractivity contribution in [1.29, 1.82) is 0 Å². The number of para-hydroxylation sites is 1. The van der Waals surface area contributed by atoms with Gasteiger partial charge in [0.2, 0.25) is 0 Å². The van der Waals surface area contributed by atoms with Gasteiger partial charge in [0.1, 0.15) is 34.3 Å². The van der Waals surface area contributed by atoms with Crippen molar-refractivity contribution in [2.45, 2.75) is 6.17 Å². The summed E-state index contributed by atoms with van der Waals surface area (Å²) in [5, 5.41) is 7.94. The van der Waals surface area contributed by atoms with Crippen LogP contribution in [0.2, 0.25) is 0 Å². The van der Waals surface area contributed by atoms with Crippen molar-refractivity contribution < 1.29 is 8.83 Å². The first-order valence-corrected chi connectivity index (χ1v) is 14.7. The van der Waals surface area contributed by atoms with Gasteiger partial charge in [-0.1, -0.05) is 97.1 Å². The zero-order chi connectivity index (χ0) is 29.0. The third-order valence-corrected chi connectivity index (χ3v) is 8.34. The molecule has 0 saturated heterocycles. The zero-order valence-corrected chi connectivity index (χ0v) is 23.6. The molecule has 2 aromatic heterocycles. The molecule has 0 bridgehead atoms. The summed E-state index contributed by atoms with van der Waals surface area (Å²) in [5.74, 6) is 1.46. The fourth-order valence-corrected chi connectivity index (χ4v) is 6.13. The monoisotopic (exact) mass is 567 g/mol. The third kappa shape index (κ3) is 4.09. The van der Waals surface area contributed by atoms with Gasteiger partial charge < -0.3 is 14.2 Å². The molecule has 208 valence electrons. The second-order valence-corrected chi connectivity index (χ2v) is 11.1. The second kappa shape index (κ2) is 9.82. The molecule has 1 aliphatic heterocycles. The lowest BCUT2D eigenvalue weighted by molar-refractivity contribution is 0.666. The molecule has 0 fully saturated rings. The molecule has 1 N–H and O–H groups in total. The molecule has 8 aromatic rings. The first-order chi connectivity index (χ1) is 21.8. The Morgan fingerprint density at radius 2 is 1.05 bits per heavy atom. The molecule has 5 heteroatoms. The van der Waals surface area contributed by atoms with Crippen LogP contribution in [0.1, 0.15) is 22.9 Å². The largest absolute Gasteiger partial charge is 0.456 e. The number of nitrogens with zero attached hydrogens (tertiary/aromatic N) is 2. The molecule has 3 heterocycles. The van der Waals surface area contributed by atoms with E-state index in [9.17, 15) is 0 Å². The first kappa shape index (κ1) is 24.6. The van der Waals surface area contributed by atoms with E-state index in [1.807, 2.05) is 66.7 Å². The predicted molar refractivity (Wildman–Crippen MR) is 178 cm³/mol. The Bertz CT molecular complexity index is 2420. The van der Waals surface area contributed by atoms with Gasteiger partial charge in [0.15, 0.2) is 5.84 Å². The number of rotatable bonds is 4. The number of nitrogens with one attached hydrogen (secondary N) is 1. The molecular weight excluding hydrogens is 542 g/mol. The lowest BCUT2D eigenvalue weighted by Gasteiger charge is -2.23. The average Bonchev–Trinajstić information content (AvgIpc) is 3.66. The highest BCUT2D eigenvalue weighted by molar-refractivity contribution is 6.15. The highest BCUT2D eigenvalue weighted by Gasteiger charge is 2.22. The molecule has 0 radical (unpaired) electrons. The van der Waals surface area contributed by atoms with Gasteiger partial charge in [0, 0.05) is 32.7 Å². The summed E-state index contributed by atoms with van der Waals surface area (Å²) in [7, 11) is 0. The van der Waals surface area contributed by atoms with Crippen molar-refractivity contribution in [3.63, 3.8) is 0 Å². The van der Waals surface area contributed by atoms with Crippen LogP contribution < -0.4 is 5.32 Å². The van der Waals surface area contributed by atoms with Crippen LogP contribution in [0.5, 0.6) is 0 Å². The van der Waals surface area contributed by atoms with E-state index >= 15 is 0 Å². The van der Waals surface area contributed by atoms with Crippen molar-refractivity contribution in [2.24, 2.45) is 9.98 Å². The van der Waals surface area contributed by atoms with Gasteiger partial charge in [0.25, 0.3) is 0 Å². The summed E-state index contributed by atoms with van der Waals surface area (Å²) in [5.41, 5.74) is 8.73. The zero-order valence-electron chi connectivity index (χ0n) is 23.6. The molecule has 0 saturated carbocycles. The minimum atomic E-state index is -0.252. The lowest BCUT2D eigenvalue weighted by Crippen LogP contribution is -2.33. The van der Waals surface area contributed by atoms with Crippen molar-refractivity contribution >= 4 is 55.5 Å². The summed E-state index contributed by atoms with van der Waals surface area (Å²) in [6, 6.07) is 47.6. The Hall–Kier alpha value is -5.94. The molecule has 1 unspecified atom stereocenters. The SMILES string of the molecule is c1ccc(C2=NC(c3ccccc3)NC(c3ccc4c(c3)oc3ccc(-c5ccc6oc7ccccc7c6c5)cc34)=N2)cc1. The Labute approximate surface area is 252 Å². The Morgan fingerprint density at radius 3 is 1.80 bits per heavy atom. The minimum Gasteiger partial charge on any atom is -0.456 e. The van der Waals surface area contributed by atoms with E-state index in [0.717, 1.165) is 77.5 Å². The highest BCUT2D eigenvalue weighted by Crippen LogP contribution is 2.36. The van der Waals surface area contributed by atoms with Crippen LogP contribution in [0.15, 0.2) is 158 Å². The average molecular weight is 568 g/mol. The van der Waals surface area contributed by atoms with E-state index in [1.54, 1.807) is 0 Å². The normalized spacial score (nSPS) is 15.0. The van der Waals surface area contributed by atoms with E-state index in [4.69, 9.17) is 18.8 Å². The molecule has 6 aromatic carbocycles. The number of benzene rings is 6. The summed E-state index contributed by atoms with van der Waals surface area (Å²) >= 11 is 0. The number of hydrogen-bond donors (Lipinski definition) is 1. The number of hydrogen-bond acceptors (Lipinski definition) is 5. The van der Waals surface area contributed by atoms with Crippen LogP contribution in [0.3, 0.4) is 0 Å². The summed E-state index contributed by atoms with van der Waals surface area (Å²) < 4.78 is 12.4. The van der Waals surface area contributed by atoms with E-state index in [-0.39, 0.29) is 6.17 Å². The van der Waals surface area contributed by atoms with Crippen LogP contribution in [-0.2, 0) is 0 Å². The first-order valence-electron chi connectivity index (χ1n) is 14.7. The van der Waals surface area contributed by atoms with E-state index in [1.165, 1.54) is 0 Å². The molecule has 0 aliphatic carbocycles. The quantitative estimate of drug-likeness (QED) is 0.230. The second-order valence-electron chi connectivity index (χ2n) is 11.1. The van der Waals surface area contributed by atoms with Crippen LogP contribution in [0.25, 0.3) is 55.0 Å². The topological polar surface area (TPSA) is 63.0 Å². The molecular formula is C39H25N3O2. The smallest absolute Gasteiger partial charge is 0.159 e. The number of aliphatic imine (C=N–C) groups is 2. The van der Waals surface area contributed by atoms with Crippen molar-refractivity contribution in [2.75, 3.05) is 0 Å². The molecule has 44 heavy (non-hydrogen) atoms. The van der Waals surface area contributed by atoms with Crippen molar-refractivity contribution in [3.8, 4) is 11.1 Å². The van der Waals surface area contributed by atoms with Gasteiger partial charge in [-0.25, -0.2) is 9.98 Å². The predicted octanol–water partition coefficient (Wildman–Crippen LogP) is 9.65. The molecule has 1 atom stereocenters.